The lowest BCUT2D eigenvalue weighted by molar-refractivity contribution is -0.121. The number of aliphatic hydroxyl groups is 1. The summed E-state index contributed by atoms with van der Waals surface area (Å²) in [7, 11) is 6.92. The van der Waals surface area contributed by atoms with Crippen LogP contribution in [0.2, 0.25) is 10.0 Å². The Morgan fingerprint density at radius 1 is 0.964 bits per heavy atom. The van der Waals surface area contributed by atoms with E-state index < -0.39 is 58.2 Å². The summed E-state index contributed by atoms with van der Waals surface area (Å²) in [4.78, 5) is 70.2. The molecule has 290 valence electrons. The molecule has 55 heavy (non-hydrogen) atoms. The van der Waals surface area contributed by atoms with Crippen molar-refractivity contribution in [3.05, 3.63) is 89.6 Å². The molecule has 0 fully saturated rings. The molecule has 2 heterocycles. The van der Waals surface area contributed by atoms with E-state index in [1.807, 2.05) is 0 Å². The van der Waals surface area contributed by atoms with Crippen molar-refractivity contribution < 1.29 is 47.9 Å². The number of allylic oxidation sites excluding steroid dienone is 1. The number of nitrogens with one attached hydrogen (secondary N) is 2. The number of benzene rings is 3. The second-order valence-electron chi connectivity index (χ2n) is 12.9. The van der Waals surface area contributed by atoms with Gasteiger partial charge in [-0.1, -0.05) is 30.1 Å². The first-order valence-electron chi connectivity index (χ1n) is 16.9. The van der Waals surface area contributed by atoms with Gasteiger partial charge in [0.15, 0.2) is 28.8 Å². The fourth-order valence-corrected chi connectivity index (χ4v) is 7.70. The molecule has 0 bridgehead atoms. The van der Waals surface area contributed by atoms with Crippen LogP contribution in [0, 0.1) is 5.92 Å². The van der Waals surface area contributed by atoms with Gasteiger partial charge in [0.2, 0.25) is 23.0 Å². The highest BCUT2D eigenvalue weighted by Crippen LogP contribution is 2.56. The van der Waals surface area contributed by atoms with Crippen molar-refractivity contribution in [2.75, 3.05) is 42.1 Å². The van der Waals surface area contributed by atoms with Crippen LogP contribution in [0.25, 0.3) is 11.0 Å². The molecule has 6 rings (SSSR count). The minimum absolute atomic E-state index is 0.0436. The molecule has 3 aromatic carbocycles. The molecule has 15 nitrogen and oxygen atoms in total. The molecule has 1 spiro atoms. The van der Waals surface area contributed by atoms with Gasteiger partial charge in [-0.25, -0.2) is 0 Å². The maximum atomic E-state index is 14.5. The highest BCUT2D eigenvalue weighted by atomic mass is 35.5. The van der Waals surface area contributed by atoms with E-state index in [4.69, 9.17) is 51.6 Å². The van der Waals surface area contributed by atoms with E-state index in [0.717, 1.165) is 0 Å². The number of amides is 1. The van der Waals surface area contributed by atoms with E-state index in [9.17, 15) is 29.1 Å². The molecule has 2 aliphatic rings. The van der Waals surface area contributed by atoms with Gasteiger partial charge < -0.3 is 48.4 Å². The molecule has 1 aromatic heterocycles. The summed E-state index contributed by atoms with van der Waals surface area (Å²) in [6, 6.07) is 9.11. The summed E-state index contributed by atoms with van der Waals surface area (Å²) in [5.74, 6) is -3.95. The lowest BCUT2D eigenvalue weighted by Crippen LogP contribution is -2.53. The zero-order valence-corrected chi connectivity index (χ0v) is 32.1. The van der Waals surface area contributed by atoms with Gasteiger partial charge in [0.1, 0.15) is 22.1 Å². The van der Waals surface area contributed by atoms with Crippen LogP contribution >= 0.6 is 23.2 Å². The predicted octanol–water partition coefficient (Wildman–Crippen LogP) is 4.76. The van der Waals surface area contributed by atoms with Crippen molar-refractivity contribution >= 4 is 51.7 Å². The third-order valence-corrected chi connectivity index (χ3v) is 10.5. The Bertz CT molecular complexity index is 2380. The molecule has 4 aromatic rings. The Morgan fingerprint density at radius 3 is 2.24 bits per heavy atom. The summed E-state index contributed by atoms with van der Waals surface area (Å²) >= 11 is 12.7. The van der Waals surface area contributed by atoms with Crippen LogP contribution in [-0.4, -0.2) is 79.8 Å². The number of nitrogens with zero attached hydrogens (tertiary/aromatic N) is 1. The fraction of sp³-hybridized carbons (Fsp3) is 0.342. The number of aliphatic hydroxyl groups excluding tert-OH is 1. The number of carbonyl (C=O) groups is 3. The van der Waals surface area contributed by atoms with Crippen LogP contribution in [0.15, 0.2) is 57.3 Å². The number of carbonyl (C=O) groups excluding carboxylic acids is 3. The van der Waals surface area contributed by atoms with Gasteiger partial charge in [0, 0.05) is 54.4 Å². The summed E-state index contributed by atoms with van der Waals surface area (Å²) in [6.45, 7) is 1.38. The van der Waals surface area contributed by atoms with E-state index in [2.05, 4.69) is 10.3 Å². The SMILES string of the molecule is COc1cc(OC)c2c(c1Cl)OC1(C2=O)C(O)=C(C(CC(=O)NCCn2c(=O)c(=O)[nH]c3cc(Cl)ccc32)c2cc(OC)c(OC)c(OC)c2)C(=O)CC1C. The van der Waals surface area contributed by atoms with Crippen molar-refractivity contribution in [3.63, 3.8) is 0 Å². The van der Waals surface area contributed by atoms with Crippen LogP contribution in [0.1, 0.15) is 41.6 Å². The number of Topliss-reactive ketones (excluding diaryl/α,β-unsaturated/α-hetero) is 2. The van der Waals surface area contributed by atoms with Crippen LogP contribution in [0.4, 0.5) is 0 Å². The van der Waals surface area contributed by atoms with Gasteiger partial charge >= 0.3 is 11.1 Å². The van der Waals surface area contributed by atoms with Gasteiger partial charge in [-0.3, -0.25) is 24.0 Å². The van der Waals surface area contributed by atoms with E-state index in [1.54, 1.807) is 19.1 Å². The largest absolute Gasteiger partial charge is 0.507 e. The Balaban J connectivity index is 1.44. The number of rotatable bonds is 12. The lowest BCUT2D eigenvalue weighted by atomic mass is 9.69. The van der Waals surface area contributed by atoms with Gasteiger partial charge in [0.05, 0.1) is 46.6 Å². The first-order chi connectivity index (χ1) is 26.2. The van der Waals surface area contributed by atoms with Crippen molar-refractivity contribution in [3.8, 4) is 34.5 Å². The highest BCUT2D eigenvalue weighted by Gasteiger charge is 2.61. The third kappa shape index (κ3) is 6.50. The number of hydrogen-bond donors (Lipinski definition) is 3. The number of H-pyrrole nitrogens is 1. The molecule has 3 atom stereocenters. The quantitative estimate of drug-likeness (QED) is 0.167. The number of fused-ring (bicyclic) bond motifs is 2. The number of ketones is 2. The van der Waals surface area contributed by atoms with Crippen LogP contribution in [0.3, 0.4) is 0 Å². The summed E-state index contributed by atoms with van der Waals surface area (Å²) in [6.07, 6.45) is -0.713. The number of halogens is 2. The van der Waals surface area contributed by atoms with Gasteiger partial charge in [-0.05, 0) is 35.9 Å². The number of hydrogen-bond acceptors (Lipinski definition) is 12. The molecule has 3 unspecified atom stereocenters. The maximum absolute atomic E-state index is 14.5. The molecule has 17 heteroatoms. The standard InChI is InChI=1S/C38H37Cl2N3O12/c1-17-11-23(44)29(34(46)38(17)35(47)30-24(50-2)16-25(51-3)31(40)33(30)55-38)20(18-12-26(52-4)32(54-6)27(13-18)53-5)15-28(45)41-9-10-43-22-8-7-19(39)14-21(22)42-36(48)37(43)49/h7-8,12-14,16-17,20,46H,9-11,15H2,1-6H3,(H,41,45)(H,42,48). The fourth-order valence-electron chi connectivity index (χ4n) is 7.27. The van der Waals surface area contributed by atoms with Gasteiger partial charge in [-0.2, -0.15) is 0 Å². The molecule has 0 saturated heterocycles. The molecule has 1 amide bonds. The van der Waals surface area contributed by atoms with Gasteiger partial charge in [0.25, 0.3) is 0 Å². The molecule has 0 radical (unpaired) electrons. The van der Waals surface area contributed by atoms with Crippen LogP contribution in [-0.2, 0) is 16.1 Å². The Kier molecular flexibility index (Phi) is 10.8. The Hall–Kier alpha value is -5.67. The average Bonchev–Trinajstić information content (AvgIpc) is 3.48. The molecular weight excluding hydrogens is 761 g/mol. The third-order valence-electron chi connectivity index (χ3n) is 9.93. The molecular formula is C38H37Cl2N3O12. The summed E-state index contributed by atoms with van der Waals surface area (Å²) in [5.41, 5.74) is -3.14. The van der Waals surface area contributed by atoms with Crippen LogP contribution in [0.5, 0.6) is 34.5 Å². The van der Waals surface area contributed by atoms with E-state index in [0.29, 0.717) is 16.1 Å². The highest BCUT2D eigenvalue weighted by molar-refractivity contribution is 6.35. The monoisotopic (exact) mass is 797 g/mol. The zero-order valence-electron chi connectivity index (χ0n) is 30.6. The van der Waals surface area contributed by atoms with Crippen molar-refractivity contribution in [1.82, 2.24) is 14.9 Å². The van der Waals surface area contributed by atoms with E-state index in [-0.39, 0.29) is 75.7 Å². The lowest BCUT2D eigenvalue weighted by Gasteiger charge is -2.38. The second-order valence-corrected chi connectivity index (χ2v) is 13.7. The average molecular weight is 799 g/mol. The Labute approximate surface area is 323 Å². The normalized spacial score (nSPS) is 18.2. The first kappa shape index (κ1) is 39.0. The summed E-state index contributed by atoms with van der Waals surface area (Å²) < 4.78 is 35.0. The smallest absolute Gasteiger partial charge is 0.316 e. The topological polar surface area (TPSA) is 194 Å². The number of ether oxygens (including phenoxy) is 6. The van der Waals surface area contributed by atoms with E-state index in [1.165, 1.54) is 64.4 Å². The second kappa shape index (κ2) is 15.2. The number of aromatic amines is 1. The molecule has 0 saturated carbocycles. The molecule has 1 aliphatic heterocycles. The first-order valence-corrected chi connectivity index (χ1v) is 17.7. The number of methoxy groups -OCH3 is 5. The minimum atomic E-state index is -2.13. The van der Waals surface area contributed by atoms with Crippen LogP contribution < -0.4 is 44.9 Å². The van der Waals surface area contributed by atoms with Crippen molar-refractivity contribution in [1.29, 1.82) is 0 Å². The summed E-state index contributed by atoms with van der Waals surface area (Å²) in [5, 5.41) is 15.3. The molecule has 1 aliphatic carbocycles. The Morgan fingerprint density at radius 2 is 1.62 bits per heavy atom. The molecule has 3 N–H and O–H groups in total. The predicted molar refractivity (Wildman–Crippen MR) is 201 cm³/mol. The number of aromatic nitrogens is 2. The maximum Gasteiger partial charge on any atom is 0.316 e. The van der Waals surface area contributed by atoms with Gasteiger partial charge in [-0.15, -0.1) is 0 Å². The van der Waals surface area contributed by atoms with Crippen molar-refractivity contribution in [2.24, 2.45) is 5.92 Å². The van der Waals surface area contributed by atoms with E-state index >= 15 is 0 Å². The minimum Gasteiger partial charge on any atom is -0.507 e. The zero-order chi connectivity index (χ0) is 39.9. The van der Waals surface area contributed by atoms with Crippen molar-refractivity contribution in [2.45, 2.75) is 37.8 Å².